The van der Waals surface area contributed by atoms with Crippen LogP contribution in [0.4, 0.5) is 24.7 Å². The summed E-state index contributed by atoms with van der Waals surface area (Å²) in [4.78, 5) is 8.03. The molecule has 0 amide bonds. The Bertz CT molecular complexity index is 814. The van der Waals surface area contributed by atoms with Gasteiger partial charge in [0.15, 0.2) is 5.11 Å². The number of methoxy groups -OCH3 is 1. The van der Waals surface area contributed by atoms with Gasteiger partial charge in [-0.1, -0.05) is 6.07 Å². The van der Waals surface area contributed by atoms with Gasteiger partial charge in [0.2, 0.25) is 0 Å². The number of halogens is 3. The minimum Gasteiger partial charge on any atom is -0.497 e. The molecule has 1 N–H and O–H groups in total. The lowest BCUT2D eigenvalue weighted by Crippen LogP contribution is -2.38. The van der Waals surface area contributed by atoms with Gasteiger partial charge in [-0.15, -0.1) is 0 Å². The summed E-state index contributed by atoms with van der Waals surface area (Å²) < 4.78 is 43.3. The molecule has 0 spiro atoms. The van der Waals surface area contributed by atoms with Crippen molar-refractivity contribution >= 4 is 28.8 Å². The minimum absolute atomic E-state index is 0.543. The van der Waals surface area contributed by atoms with Crippen LogP contribution in [0.3, 0.4) is 0 Å². The van der Waals surface area contributed by atoms with Crippen molar-refractivity contribution in [3.8, 4) is 5.75 Å². The van der Waals surface area contributed by atoms with Crippen molar-refractivity contribution in [2.45, 2.75) is 12.6 Å². The molecule has 0 unspecified atom stereocenters. The predicted octanol–water partition coefficient (Wildman–Crippen LogP) is 4.02. The first-order valence-electron chi connectivity index (χ1n) is 8.85. The molecule has 9 heteroatoms. The van der Waals surface area contributed by atoms with E-state index in [0.717, 1.165) is 36.7 Å². The smallest absolute Gasteiger partial charge is 0.417 e. The Morgan fingerprint density at radius 3 is 2.64 bits per heavy atom. The van der Waals surface area contributed by atoms with E-state index in [4.69, 9.17) is 17.0 Å². The van der Waals surface area contributed by atoms with Crippen molar-refractivity contribution < 1.29 is 17.9 Å². The van der Waals surface area contributed by atoms with Crippen LogP contribution >= 0.6 is 12.2 Å². The topological polar surface area (TPSA) is 40.6 Å². The maximum Gasteiger partial charge on any atom is 0.417 e. The van der Waals surface area contributed by atoms with Crippen LogP contribution in [-0.4, -0.2) is 48.3 Å². The van der Waals surface area contributed by atoms with Crippen LogP contribution in [0.2, 0.25) is 0 Å². The van der Waals surface area contributed by atoms with Crippen molar-refractivity contribution in [3.05, 3.63) is 48.2 Å². The molecule has 0 atom stereocenters. The molecule has 28 heavy (non-hydrogen) atoms. The second-order valence-electron chi connectivity index (χ2n) is 6.39. The van der Waals surface area contributed by atoms with Gasteiger partial charge in [-0.2, -0.15) is 13.2 Å². The summed E-state index contributed by atoms with van der Waals surface area (Å²) in [6.45, 7) is 2.74. The van der Waals surface area contributed by atoms with E-state index in [9.17, 15) is 13.2 Å². The molecule has 1 aromatic carbocycles. The largest absolute Gasteiger partial charge is 0.497 e. The van der Waals surface area contributed by atoms with E-state index in [1.165, 1.54) is 6.07 Å². The Morgan fingerprint density at radius 2 is 1.96 bits per heavy atom. The number of rotatable bonds is 3. The number of benzene rings is 1. The number of nitrogens with one attached hydrogen (secondary N) is 1. The predicted molar refractivity (Wildman–Crippen MR) is 107 cm³/mol. The Kier molecular flexibility index (Phi) is 6.23. The molecule has 5 nitrogen and oxygen atoms in total. The number of thiocarbonyl (C=S) groups is 1. The lowest BCUT2D eigenvalue weighted by Gasteiger charge is -2.25. The zero-order chi connectivity index (χ0) is 20.1. The fourth-order valence-electron chi connectivity index (χ4n) is 2.99. The first-order valence-corrected chi connectivity index (χ1v) is 9.26. The monoisotopic (exact) mass is 410 g/mol. The highest BCUT2D eigenvalue weighted by atomic mass is 32.1. The van der Waals surface area contributed by atoms with E-state index in [1.807, 2.05) is 29.2 Å². The van der Waals surface area contributed by atoms with Gasteiger partial charge in [0.1, 0.15) is 11.6 Å². The number of hydrogen-bond donors (Lipinski definition) is 1. The lowest BCUT2D eigenvalue weighted by molar-refractivity contribution is -0.137. The summed E-state index contributed by atoms with van der Waals surface area (Å²) in [6.07, 6.45) is -2.67. The van der Waals surface area contributed by atoms with Gasteiger partial charge < -0.3 is 19.9 Å². The average Bonchev–Trinajstić information content (AvgIpc) is 2.94. The van der Waals surface area contributed by atoms with Crippen LogP contribution in [0.15, 0.2) is 42.6 Å². The van der Waals surface area contributed by atoms with Crippen molar-refractivity contribution in [2.24, 2.45) is 0 Å². The molecule has 2 aromatic rings. The fraction of sp³-hybridized carbons (Fsp3) is 0.368. The standard InChI is InChI=1S/C19H21F3N4OS/c1-27-16-5-2-4-15(12-16)24-18(28)26-9-3-8-25(10-11-26)17-7-6-14(13-23-17)19(20,21)22/h2,4-7,12-13H,3,8-11H2,1H3,(H,24,28). The van der Waals surface area contributed by atoms with Gasteiger partial charge in [0, 0.05) is 44.1 Å². The van der Waals surface area contributed by atoms with Gasteiger partial charge >= 0.3 is 6.18 Å². The molecule has 1 aliphatic heterocycles. The van der Waals surface area contributed by atoms with Gasteiger partial charge in [0.25, 0.3) is 0 Å². The van der Waals surface area contributed by atoms with Crippen LogP contribution in [-0.2, 0) is 6.18 Å². The van der Waals surface area contributed by atoms with Gasteiger partial charge in [-0.05, 0) is 42.9 Å². The number of pyridine rings is 1. The number of hydrogen-bond acceptors (Lipinski definition) is 4. The summed E-state index contributed by atoms with van der Waals surface area (Å²) >= 11 is 5.52. The van der Waals surface area contributed by atoms with Gasteiger partial charge in [-0.25, -0.2) is 4.98 Å². The maximum absolute atomic E-state index is 12.7. The second-order valence-corrected chi connectivity index (χ2v) is 6.78. The Balaban J connectivity index is 1.60. The Hall–Kier alpha value is -2.55. The average molecular weight is 410 g/mol. The number of nitrogens with zero attached hydrogens (tertiary/aromatic N) is 3. The molecular formula is C19H21F3N4OS. The molecule has 1 aromatic heterocycles. The van der Waals surface area contributed by atoms with Crippen molar-refractivity contribution in [3.63, 3.8) is 0 Å². The molecule has 1 saturated heterocycles. The third kappa shape index (κ3) is 5.03. The summed E-state index contributed by atoms with van der Waals surface area (Å²) in [6, 6.07) is 10.00. The molecular weight excluding hydrogens is 389 g/mol. The maximum atomic E-state index is 12.7. The Labute approximate surface area is 167 Å². The normalized spacial score (nSPS) is 15.1. The fourth-order valence-corrected chi connectivity index (χ4v) is 3.29. The first kappa shape index (κ1) is 20.2. The molecule has 0 radical (unpaired) electrons. The van der Waals surface area contributed by atoms with E-state index < -0.39 is 11.7 Å². The van der Waals surface area contributed by atoms with E-state index in [1.54, 1.807) is 7.11 Å². The van der Waals surface area contributed by atoms with Crippen molar-refractivity contribution in [1.82, 2.24) is 9.88 Å². The SMILES string of the molecule is COc1cccc(NC(=S)N2CCCN(c3ccc(C(F)(F)F)cn3)CC2)c1. The second kappa shape index (κ2) is 8.64. The van der Waals surface area contributed by atoms with Crippen molar-refractivity contribution in [2.75, 3.05) is 43.5 Å². The molecule has 0 aliphatic carbocycles. The van der Waals surface area contributed by atoms with Gasteiger partial charge in [0.05, 0.1) is 12.7 Å². The molecule has 0 saturated carbocycles. The van der Waals surface area contributed by atoms with Crippen molar-refractivity contribution in [1.29, 1.82) is 0 Å². The van der Waals surface area contributed by atoms with E-state index in [2.05, 4.69) is 15.2 Å². The lowest BCUT2D eigenvalue weighted by atomic mass is 10.2. The van der Waals surface area contributed by atoms with Crippen LogP contribution in [0.1, 0.15) is 12.0 Å². The first-order chi connectivity index (χ1) is 13.4. The number of aromatic nitrogens is 1. The number of anilines is 2. The molecule has 2 heterocycles. The van der Waals surface area contributed by atoms with Crippen LogP contribution in [0.5, 0.6) is 5.75 Å². The highest BCUT2D eigenvalue weighted by Gasteiger charge is 2.31. The minimum atomic E-state index is -4.38. The number of ether oxygens (including phenoxy) is 1. The molecule has 0 bridgehead atoms. The highest BCUT2D eigenvalue weighted by molar-refractivity contribution is 7.80. The number of alkyl halides is 3. The molecule has 150 valence electrons. The molecule has 1 fully saturated rings. The zero-order valence-corrected chi connectivity index (χ0v) is 16.2. The van der Waals surface area contributed by atoms with E-state index >= 15 is 0 Å². The highest BCUT2D eigenvalue weighted by Crippen LogP contribution is 2.29. The van der Waals surface area contributed by atoms with Crippen LogP contribution in [0, 0.1) is 0 Å². The van der Waals surface area contributed by atoms with Crippen LogP contribution < -0.4 is 15.0 Å². The van der Waals surface area contributed by atoms with Gasteiger partial charge in [-0.3, -0.25) is 0 Å². The summed E-state index contributed by atoms with van der Waals surface area (Å²) in [5.74, 6) is 1.28. The van der Waals surface area contributed by atoms with E-state index in [-0.39, 0.29) is 0 Å². The van der Waals surface area contributed by atoms with E-state index in [0.29, 0.717) is 30.6 Å². The summed E-state index contributed by atoms with van der Waals surface area (Å²) in [5.41, 5.74) is 0.103. The quantitative estimate of drug-likeness (QED) is 0.771. The third-order valence-electron chi connectivity index (χ3n) is 4.50. The molecule has 1 aliphatic rings. The molecule has 3 rings (SSSR count). The van der Waals surface area contributed by atoms with Crippen LogP contribution in [0.25, 0.3) is 0 Å². The summed E-state index contributed by atoms with van der Waals surface area (Å²) in [7, 11) is 1.61. The Morgan fingerprint density at radius 1 is 1.14 bits per heavy atom. The third-order valence-corrected chi connectivity index (χ3v) is 4.86. The summed E-state index contributed by atoms with van der Waals surface area (Å²) in [5, 5.41) is 3.82. The zero-order valence-electron chi connectivity index (χ0n) is 15.4.